The van der Waals surface area contributed by atoms with Crippen LogP contribution in [-0.2, 0) is 11.3 Å². The third-order valence-electron chi connectivity index (χ3n) is 2.34. The van der Waals surface area contributed by atoms with Crippen molar-refractivity contribution in [3.05, 3.63) is 35.9 Å². The summed E-state index contributed by atoms with van der Waals surface area (Å²) < 4.78 is 4.92. The summed E-state index contributed by atoms with van der Waals surface area (Å²) in [4.78, 5) is 11.3. The maximum atomic E-state index is 11.3. The summed E-state index contributed by atoms with van der Waals surface area (Å²) in [6, 6.07) is 9.20. The number of amides is 1. The first kappa shape index (κ1) is 14.4. The van der Waals surface area contributed by atoms with Gasteiger partial charge < -0.3 is 26.0 Å². The Balaban J connectivity index is 2.29. The van der Waals surface area contributed by atoms with Crippen LogP contribution in [-0.4, -0.2) is 35.2 Å². The number of nitrogens with two attached hydrogens (primary N) is 1. The monoisotopic (exact) mass is 254 g/mol. The second-order valence-electron chi connectivity index (χ2n) is 3.81. The van der Waals surface area contributed by atoms with Crippen LogP contribution in [0.1, 0.15) is 12.0 Å². The highest BCUT2D eigenvalue weighted by Crippen LogP contribution is 2.01. The van der Waals surface area contributed by atoms with E-state index >= 15 is 0 Å². The predicted octanol–water partition coefficient (Wildman–Crippen LogP) is -0.0591. The molecule has 2 atom stereocenters. The number of aliphatic hydroxyl groups is 2. The molecule has 6 heteroatoms. The minimum atomic E-state index is -1.00. The maximum Gasteiger partial charge on any atom is 0.408 e. The van der Waals surface area contributed by atoms with Gasteiger partial charge in [-0.15, -0.1) is 0 Å². The Morgan fingerprint density at radius 2 is 2.06 bits per heavy atom. The fourth-order valence-corrected chi connectivity index (χ4v) is 1.31. The Morgan fingerprint density at radius 3 is 2.67 bits per heavy atom. The zero-order valence-electron chi connectivity index (χ0n) is 9.95. The van der Waals surface area contributed by atoms with Crippen molar-refractivity contribution in [3.8, 4) is 0 Å². The zero-order chi connectivity index (χ0) is 13.4. The summed E-state index contributed by atoms with van der Waals surface area (Å²) in [5.74, 6) is 0. The molecule has 0 aliphatic rings. The van der Waals surface area contributed by atoms with E-state index in [1.165, 1.54) is 0 Å². The molecule has 1 amide bonds. The molecule has 0 radical (unpaired) electrons. The Bertz CT molecular complexity index is 358. The van der Waals surface area contributed by atoms with Crippen LogP contribution in [0.2, 0.25) is 0 Å². The zero-order valence-corrected chi connectivity index (χ0v) is 9.95. The highest BCUT2D eigenvalue weighted by molar-refractivity contribution is 5.67. The standard InChI is InChI=1S/C12H18N2O4/c13-11(10(16)6-7-15)14-12(17)18-8-9-4-2-1-3-5-9/h1-5,10-11,15-16H,6-8,13H2,(H,14,17). The minimum Gasteiger partial charge on any atom is -0.445 e. The average molecular weight is 254 g/mol. The lowest BCUT2D eigenvalue weighted by atomic mass is 10.2. The lowest BCUT2D eigenvalue weighted by molar-refractivity contribution is 0.0848. The van der Waals surface area contributed by atoms with Crippen LogP contribution in [0.4, 0.5) is 4.79 Å². The Kier molecular flexibility index (Phi) is 6.13. The highest BCUT2D eigenvalue weighted by atomic mass is 16.5. The van der Waals surface area contributed by atoms with Crippen LogP contribution in [0.5, 0.6) is 0 Å². The van der Waals surface area contributed by atoms with E-state index < -0.39 is 18.4 Å². The summed E-state index contributed by atoms with van der Waals surface area (Å²) in [6.07, 6.45) is -2.57. The molecule has 0 aliphatic carbocycles. The van der Waals surface area contributed by atoms with E-state index in [1.807, 2.05) is 30.3 Å². The molecule has 18 heavy (non-hydrogen) atoms. The van der Waals surface area contributed by atoms with Gasteiger partial charge in [-0.05, 0) is 12.0 Å². The van der Waals surface area contributed by atoms with Crippen molar-refractivity contribution in [2.24, 2.45) is 5.73 Å². The number of carbonyl (C=O) groups excluding carboxylic acids is 1. The van der Waals surface area contributed by atoms with E-state index in [-0.39, 0.29) is 19.6 Å². The number of ether oxygens (including phenoxy) is 1. The van der Waals surface area contributed by atoms with Crippen molar-refractivity contribution >= 4 is 6.09 Å². The van der Waals surface area contributed by atoms with Crippen molar-refractivity contribution in [1.29, 1.82) is 0 Å². The molecule has 2 unspecified atom stereocenters. The van der Waals surface area contributed by atoms with Gasteiger partial charge in [0.05, 0.1) is 6.10 Å². The Morgan fingerprint density at radius 1 is 1.39 bits per heavy atom. The molecule has 0 spiro atoms. The molecule has 0 saturated carbocycles. The number of hydrogen-bond donors (Lipinski definition) is 4. The lowest BCUT2D eigenvalue weighted by Gasteiger charge is -2.19. The van der Waals surface area contributed by atoms with Gasteiger partial charge in [0.2, 0.25) is 0 Å². The topological polar surface area (TPSA) is 105 Å². The number of alkyl carbamates (subject to hydrolysis) is 1. The smallest absolute Gasteiger partial charge is 0.408 e. The van der Waals surface area contributed by atoms with Gasteiger partial charge in [-0.3, -0.25) is 0 Å². The first-order valence-electron chi connectivity index (χ1n) is 5.65. The molecule has 1 aromatic carbocycles. The van der Waals surface area contributed by atoms with Crippen LogP contribution in [0.25, 0.3) is 0 Å². The van der Waals surface area contributed by atoms with Crippen molar-refractivity contribution in [3.63, 3.8) is 0 Å². The van der Waals surface area contributed by atoms with Crippen molar-refractivity contribution < 1.29 is 19.7 Å². The summed E-state index contributed by atoms with van der Waals surface area (Å²) >= 11 is 0. The number of benzene rings is 1. The van der Waals surface area contributed by atoms with Crippen molar-refractivity contribution in [2.45, 2.75) is 25.3 Å². The first-order chi connectivity index (χ1) is 8.63. The van der Waals surface area contributed by atoms with Gasteiger partial charge in [0.25, 0.3) is 0 Å². The fraction of sp³-hybridized carbons (Fsp3) is 0.417. The second-order valence-corrected chi connectivity index (χ2v) is 3.81. The molecule has 0 heterocycles. The molecule has 0 fully saturated rings. The summed E-state index contributed by atoms with van der Waals surface area (Å²) in [5, 5.41) is 20.3. The van der Waals surface area contributed by atoms with Gasteiger partial charge in [-0.25, -0.2) is 4.79 Å². The van der Waals surface area contributed by atoms with Gasteiger partial charge in [0, 0.05) is 6.61 Å². The molecular formula is C12H18N2O4. The molecular weight excluding hydrogens is 236 g/mol. The molecule has 100 valence electrons. The number of rotatable bonds is 6. The van der Waals surface area contributed by atoms with Gasteiger partial charge in [0.15, 0.2) is 0 Å². The summed E-state index contributed by atoms with van der Waals surface area (Å²) in [6.45, 7) is -0.0644. The number of carbonyl (C=O) groups is 1. The van der Waals surface area contributed by atoms with Crippen molar-refractivity contribution in [2.75, 3.05) is 6.61 Å². The molecule has 0 aromatic heterocycles. The maximum absolute atomic E-state index is 11.3. The van der Waals surface area contributed by atoms with Crippen LogP contribution >= 0.6 is 0 Å². The van der Waals surface area contributed by atoms with E-state index in [0.29, 0.717) is 0 Å². The average Bonchev–Trinajstić information content (AvgIpc) is 2.38. The van der Waals surface area contributed by atoms with E-state index in [2.05, 4.69) is 5.32 Å². The SMILES string of the molecule is NC(NC(=O)OCc1ccccc1)C(O)CCO. The molecule has 6 nitrogen and oxygen atoms in total. The van der Waals surface area contributed by atoms with E-state index in [1.54, 1.807) is 0 Å². The minimum absolute atomic E-state index is 0.0974. The molecule has 1 rings (SSSR count). The summed E-state index contributed by atoms with van der Waals surface area (Å²) in [5.41, 5.74) is 6.36. The Labute approximate surface area is 105 Å². The number of hydrogen-bond acceptors (Lipinski definition) is 5. The lowest BCUT2D eigenvalue weighted by Crippen LogP contribution is -2.50. The first-order valence-corrected chi connectivity index (χ1v) is 5.65. The third-order valence-corrected chi connectivity index (χ3v) is 2.34. The Hall–Kier alpha value is -1.63. The van der Waals surface area contributed by atoms with E-state index in [9.17, 15) is 9.90 Å². The van der Waals surface area contributed by atoms with E-state index in [0.717, 1.165) is 5.56 Å². The predicted molar refractivity (Wildman–Crippen MR) is 65.4 cm³/mol. The number of nitrogens with one attached hydrogen (secondary N) is 1. The molecule has 5 N–H and O–H groups in total. The van der Waals surface area contributed by atoms with Crippen LogP contribution < -0.4 is 11.1 Å². The van der Waals surface area contributed by atoms with Gasteiger partial charge in [-0.2, -0.15) is 0 Å². The van der Waals surface area contributed by atoms with Crippen LogP contribution in [0.15, 0.2) is 30.3 Å². The number of aliphatic hydroxyl groups excluding tert-OH is 2. The molecule has 0 aliphatic heterocycles. The fourth-order valence-electron chi connectivity index (χ4n) is 1.31. The van der Waals surface area contributed by atoms with Crippen LogP contribution in [0, 0.1) is 0 Å². The molecule has 0 bridgehead atoms. The molecule has 0 saturated heterocycles. The molecule has 1 aromatic rings. The third kappa shape index (κ3) is 5.13. The van der Waals surface area contributed by atoms with Crippen molar-refractivity contribution in [1.82, 2.24) is 5.32 Å². The quantitative estimate of drug-likeness (QED) is 0.532. The van der Waals surface area contributed by atoms with Gasteiger partial charge >= 0.3 is 6.09 Å². The van der Waals surface area contributed by atoms with Gasteiger partial charge in [0.1, 0.15) is 12.8 Å². The largest absolute Gasteiger partial charge is 0.445 e. The van der Waals surface area contributed by atoms with E-state index in [4.69, 9.17) is 15.6 Å². The normalized spacial score (nSPS) is 13.7. The van der Waals surface area contributed by atoms with Crippen LogP contribution in [0.3, 0.4) is 0 Å². The van der Waals surface area contributed by atoms with Gasteiger partial charge in [-0.1, -0.05) is 30.3 Å². The second kappa shape index (κ2) is 7.65. The summed E-state index contributed by atoms with van der Waals surface area (Å²) in [7, 11) is 0. The highest BCUT2D eigenvalue weighted by Gasteiger charge is 2.17.